The van der Waals surface area contributed by atoms with Crippen LogP contribution in [0.4, 0.5) is 16.2 Å². The first-order chi connectivity index (χ1) is 15.0. The van der Waals surface area contributed by atoms with E-state index in [1.807, 2.05) is 30.0 Å². The number of likely N-dealkylation sites (tertiary alicyclic amines) is 1. The van der Waals surface area contributed by atoms with Crippen LogP contribution in [0.2, 0.25) is 0 Å². The number of carbonyl (C=O) groups is 1. The SMILES string of the molecule is COc1ccc2c(c1)NC1(CCN(C(=O)Nc3cccc(C)c3C)CC1)c1cccn1-2. The zero-order valence-electron chi connectivity index (χ0n) is 18.2. The molecule has 6 nitrogen and oxygen atoms in total. The minimum absolute atomic E-state index is 0.0307. The van der Waals surface area contributed by atoms with Crippen molar-refractivity contribution < 1.29 is 9.53 Å². The minimum Gasteiger partial charge on any atom is -0.497 e. The molecular formula is C25H28N4O2. The Bertz CT molecular complexity index is 1140. The Morgan fingerprint density at radius 3 is 2.68 bits per heavy atom. The van der Waals surface area contributed by atoms with E-state index >= 15 is 0 Å². The lowest BCUT2D eigenvalue weighted by Crippen LogP contribution is -2.51. The summed E-state index contributed by atoms with van der Waals surface area (Å²) in [5.74, 6) is 0.836. The number of nitrogens with zero attached hydrogens (tertiary/aromatic N) is 2. The van der Waals surface area contributed by atoms with E-state index in [4.69, 9.17) is 4.74 Å². The number of benzene rings is 2. The normalized spacial score (nSPS) is 16.3. The van der Waals surface area contributed by atoms with E-state index in [0.717, 1.165) is 41.2 Å². The van der Waals surface area contributed by atoms with Crippen molar-refractivity contribution in [1.29, 1.82) is 0 Å². The van der Waals surface area contributed by atoms with Crippen molar-refractivity contribution in [2.75, 3.05) is 30.8 Å². The maximum absolute atomic E-state index is 13.0. The number of nitrogens with one attached hydrogen (secondary N) is 2. The lowest BCUT2D eigenvalue weighted by atomic mass is 9.82. The van der Waals surface area contributed by atoms with Crippen molar-refractivity contribution in [1.82, 2.24) is 9.47 Å². The van der Waals surface area contributed by atoms with E-state index < -0.39 is 0 Å². The Kier molecular flexibility index (Phi) is 4.65. The van der Waals surface area contributed by atoms with Crippen molar-refractivity contribution in [2.45, 2.75) is 32.2 Å². The van der Waals surface area contributed by atoms with Gasteiger partial charge in [-0.15, -0.1) is 0 Å². The molecule has 3 aromatic rings. The number of fused-ring (bicyclic) bond motifs is 4. The number of ether oxygens (including phenoxy) is 1. The molecule has 2 N–H and O–H groups in total. The molecule has 1 spiro atoms. The van der Waals surface area contributed by atoms with Gasteiger partial charge in [0.1, 0.15) is 5.75 Å². The number of aryl methyl sites for hydroxylation is 1. The largest absolute Gasteiger partial charge is 0.497 e. The highest BCUT2D eigenvalue weighted by Gasteiger charge is 2.42. The van der Waals surface area contributed by atoms with Crippen molar-refractivity contribution in [3.8, 4) is 11.4 Å². The van der Waals surface area contributed by atoms with Crippen molar-refractivity contribution in [3.63, 3.8) is 0 Å². The maximum Gasteiger partial charge on any atom is 0.321 e. The Morgan fingerprint density at radius 2 is 1.90 bits per heavy atom. The zero-order chi connectivity index (χ0) is 21.6. The number of carbonyl (C=O) groups excluding carboxylic acids is 1. The monoisotopic (exact) mass is 416 g/mol. The van der Waals surface area contributed by atoms with Gasteiger partial charge in [-0.1, -0.05) is 12.1 Å². The number of methoxy groups -OCH3 is 1. The lowest BCUT2D eigenvalue weighted by Gasteiger charge is -2.46. The summed E-state index contributed by atoms with van der Waals surface area (Å²) >= 11 is 0. The van der Waals surface area contributed by atoms with E-state index in [9.17, 15) is 4.79 Å². The fourth-order valence-electron chi connectivity index (χ4n) is 4.81. The molecule has 2 aliphatic heterocycles. The maximum atomic E-state index is 13.0. The molecule has 160 valence electrons. The van der Waals surface area contributed by atoms with Gasteiger partial charge in [-0.25, -0.2) is 4.79 Å². The van der Waals surface area contributed by atoms with Crippen LogP contribution in [-0.4, -0.2) is 35.7 Å². The summed E-state index contributed by atoms with van der Waals surface area (Å²) in [4.78, 5) is 14.9. The molecule has 5 rings (SSSR count). The topological polar surface area (TPSA) is 58.5 Å². The third-order valence-electron chi connectivity index (χ3n) is 6.83. The first-order valence-electron chi connectivity index (χ1n) is 10.8. The molecule has 1 saturated heterocycles. The van der Waals surface area contributed by atoms with Crippen LogP contribution < -0.4 is 15.4 Å². The van der Waals surface area contributed by atoms with E-state index in [2.05, 4.69) is 58.7 Å². The first-order valence-corrected chi connectivity index (χ1v) is 10.8. The fraction of sp³-hybridized carbons (Fsp3) is 0.320. The van der Waals surface area contributed by atoms with Gasteiger partial charge in [-0.05, 0) is 68.1 Å². The van der Waals surface area contributed by atoms with Crippen LogP contribution in [-0.2, 0) is 5.54 Å². The number of urea groups is 1. The standard InChI is InChI=1S/C25H28N4O2/c1-17-6-4-7-20(18(17)2)26-24(30)28-14-11-25(12-15-28)23-8-5-13-29(23)22-10-9-19(31-3)16-21(22)27-25/h4-10,13,16,27H,11-12,14-15H2,1-3H3,(H,26,30). The smallest absolute Gasteiger partial charge is 0.321 e. The molecule has 2 aromatic carbocycles. The van der Waals surface area contributed by atoms with E-state index in [0.29, 0.717) is 13.1 Å². The molecule has 0 atom stereocenters. The Hall–Kier alpha value is -3.41. The van der Waals surface area contributed by atoms with Crippen LogP contribution in [0.5, 0.6) is 5.75 Å². The molecule has 6 heteroatoms. The molecule has 1 aromatic heterocycles. The van der Waals surface area contributed by atoms with Gasteiger partial charge in [0.2, 0.25) is 0 Å². The molecule has 0 bridgehead atoms. The summed E-state index contributed by atoms with van der Waals surface area (Å²) in [6.45, 7) is 5.48. The molecule has 0 aliphatic carbocycles. The summed E-state index contributed by atoms with van der Waals surface area (Å²) < 4.78 is 7.70. The van der Waals surface area contributed by atoms with Gasteiger partial charge >= 0.3 is 6.03 Å². The summed E-state index contributed by atoms with van der Waals surface area (Å²) in [7, 11) is 1.69. The van der Waals surface area contributed by atoms with Crippen LogP contribution in [0.1, 0.15) is 29.7 Å². The van der Waals surface area contributed by atoms with E-state index in [-0.39, 0.29) is 11.6 Å². The van der Waals surface area contributed by atoms with Gasteiger partial charge in [-0.3, -0.25) is 0 Å². The van der Waals surface area contributed by atoms with Crippen molar-refractivity contribution in [3.05, 3.63) is 71.5 Å². The fourth-order valence-corrected chi connectivity index (χ4v) is 4.81. The number of hydrogen-bond donors (Lipinski definition) is 2. The molecule has 0 unspecified atom stereocenters. The van der Waals surface area contributed by atoms with Gasteiger partial charge in [0, 0.05) is 36.7 Å². The van der Waals surface area contributed by atoms with Gasteiger partial charge in [0.25, 0.3) is 0 Å². The van der Waals surface area contributed by atoms with Crippen LogP contribution in [0, 0.1) is 13.8 Å². The van der Waals surface area contributed by atoms with Gasteiger partial charge in [-0.2, -0.15) is 0 Å². The first kappa shape index (κ1) is 19.5. The predicted molar refractivity (Wildman–Crippen MR) is 123 cm³/mol. The highest BCUT2D eigenvalue weighted by atomic mass is 16.5. The van der Waals surface area contributed by atoms with Crippen LogP contribution >= 0.6 is 0 Å². The van der Waals surface area contributed by atoms with Crippen LogP contribution in [0.25, 0.3) is 5.69 Å². The minimum atomic E-state index is -0.196. The Balaban J connectivity index is 1.36. The highest BCUT2D eigenvalue weighted by Crippen LogP contribution is 2.44. The molecule has 0 radical (unpaired) electrons. The lowest BCUT2D eigenvalue weighted by molar-refractivity contribution is 0.174. The average molecular weight is 417 g/mol. The third-order valence-corrected chi connectivity index (χ3v) is 6.83. The van der Waals surface area contributed by atoms with E-state index in [1.54, 1.807) is 7.11 Å². The highest BCUT2D eigenvalue weighted by molar-refractivity contribution is 5.90. The number of hydrogen-bond acceptors (Lipinski definition) is 3. The Morgan fingerprint density at radius 1 is 1.10 bits per heavy atom. The summed E-state index contributed by atoms with van der Waals surface area (Å²) in [6, 6.07) is 16.4. The molecule has 2 amide bonds. The van der Waals surface area contributed by atoms with E-state index in [1.165, 1.54) is 11.3 Å². The molecule has 31 heavy (non-hydrogen) atoms. The van der Waals surface area contributed by atoms with Crippen molar-refractivity contribution >= 4 is 17.4 Å². The van der Waals surface area contributed by atoms with Crippen LogP contribution in [0.3, 0.4) is 0 Å². The number of aromatic nitrogens is 1. The second-order valence-electron chi connectivity index (χ2n) is 8.52. The molecule has 1 fully saturated rings. The molecular weight excluding hydrogens is 388 g/mol. The number of amides is 2. The van der Waals surface area contributed by atoms with Crippen molar-refractivity contribution in [2.24, 2.45) is 0 Å². The van der Waals surface area contributed by atoms with Crippen LogP contribution in [0.15, 0.2) is 54.7 Å². The molecule has 2 aliphatic rings. The Labute approximate surface area is 182 Å². The zero-order valence-corrected chi connectivity index (χ0v) is 18.2. The second kappa shape index (κ2) is 7.38. The average Bonchev–Trinajstić information content (AvgIpc) is 3.28. The quantitative estimate of drug-likeness (QED) is 0.615. The van der Waals surface area contributed by atoms with Gasteiger partial charge in [0.15, 0.2) is 0 Å². The predicted octanol–water partition coefficient (Wildman–Crippen LogP) is 5.05. The molecule has 0 saturated carbocycles. The van der Waals surface area contributed by atoms with Gasteiger partial charge in [0.05, 0.1) is 24.0 Å². The number of anilines is 2. The summed E-state index contributed by atoms with van der Waals surface area (Å²) in [5, 5.41) is 6.90. The number of rotatable bonds is 2. The molecule has 3 heterocycles. The summed E-state index contributed by atoms with van der Waals surface area (Å²) in [6.07, 6.45) is 3.80. The third kappa shape index (κ3) is 3.23. The second-order valence-corrected chi connectivity index (χ2v) is 8.52. The van der Waals surface area contributed by atoms with Gasteiger partial charge < -0.3 is 24.8 Å². The summed E-state index contributed by atoms with van der Waals surface area (Å²) in [5.41, 5.74) is 6.42. The number of piperidine rings is 1.